The Morgan fingerprint density at radius 2 is 1.75 bits per heavy atom. The summed E-state index contributed by atoms with van der Waals surface area (Å²) in [6.07, 6.45) is 1.36. The summed E-state index contributed by atoms with van der Waals surface area (Å²) >= 11 is 3.20. The fraction of sp³-hybridized carbons (Fsp3) is 0.588. The Kier molecular flexibility index (Phi) is 6.84. The number of carbonyl (C=O) groups excluding carboxylic acids is 1. The number of nitrogens with one attached hydrogen (secondary N) is 1. The highest BCUT2D eigenvalue weighted by atomic mass is 79.9. The number of piperidine rings is 1. The summed E-state index contributed by atoms with van der Waals surface area (Å²) in [7, 11) is -7.41. The molecule has 0 spiro atoms. The summed E-state index contributed by atoms with van der Waals surface area (Å²) in [5.41, 5.74) is -0.606. The molecule has 0 saturated carbocycles. The molecule has 1 aliphatic rings. The number of sulfone groups is 1. The van der Waals surface area contributed by atoms with Crippen LogP contribution >= 0.6 is 15.9 Å². The number of rotatable bonds is 4. The van der Waals surface area contributed by atoms with E-state index in [1.807, 2.05) is 0 Å². The van der Waals surface area contributed by atoms with Crippen LogP contribution in [0.4, 0.5) is 4.79 Å². The Bertz CT molecular complexity index is 946. The van der Waals surface area contributed by atoms with Crippen molar-refractivity contribution in [1.82, 2.24) is 9.62 Å². The Hall–Kier alpha value is -1.17. The van der Waals surface area contributed by atoms with Crippen LogP contribution in [0, 0.1) is 0 Å². The minimum Gasteiger partial charge on any atom is -0.444 e. The first-order chi connectivity index (χ1) is 12.7. The van der Waals surface area contributed by atoms with E-state index in [4.69, 9.17) is 4.74 Å². The molecule has 0 unspecified atom stereocenters. The minimum absolute atomic E-state index is 0.0595. The molecule has 0 bridgehead atoms. The van der Waals surface area contributed by atoms with Gasteiger partial charge in [-0.05, 0) is 67.7 Å². The topological polar surface area (TPSA) is 110 Å². The number of halogens is 1. The number of alkyl carbamates (subject to hydrolysis) is 1. The van der Waals surface area contributed by atoms with Crippen molar-refractivity contribution < 1.29 is 26.4 Å². The molecular weight excluding hydrogens is 472 g/mol. The molecule has 11 heteroatoms. The Morgan fingerprint density at radius 3 is 2.25 bits per heavy atom. The fourth-order valence-electron chi connectivity index (χ4n) is 2.77. The largest absolute Gasteiger partial charge is 0.444 e. The van der Waals surface area contributed by atoms with Gasteiger partial charge in [-0.3, -0.25) is 0 Å². The van der Waals surface area contributed by atoms with Gasteiger partial charge < -0.3 is 10.1 Å². The van der Waals surface area contributed by atoms with Crippen LogP contribution in [0.25, 0.3) is 0 Å². The number of carbonyl (C=O) groups is 1. The number of hydrogen-bond acceptors (Lipinski definition) is 6. The SMILES string of the molecule is CC(C)(C)OC(=O)NC1CCN(S(=O)(=O)c2cc(S(C)(=O)=O)ccc2Br)CC1. The molecule has 1 heterocycles. The van der Waals surface area contributed by atoms with Gasteiger partial charge in [0.15, 0.2) is 9.84 Å². The van der Waals surface area contributed by atoms with Gasteiger partial charge in [0, 0.05) is 29.9 Å². The number of amides is 1. The number of hydrogen-bond donors (Lipinski definition) is 1. The van der Waals surface area contributed by atoms with E-state index in [9.17, 15) is 21.6 Å². The highest BCUT2D eigenvalue weighted by Gasteiger charge is 2.32. The van der Waals surface area contributed by atoms with Crippen LogP contribution < -0.4 is 5.32 Å². The average Bonchev–Trinajstić information content (AvgIpc) is 2.52. The zero-order chi connectivity index (χ0) is 21.3. The summed E-state index contributed by atoms with van der Waals surface area (Å²) in [6, 6.07) is 3.75. The number of benzene rings is 1. The van der Waals surface area contributed by atoms with Crippen LogP contribution in [-0.4, -0.2) is 58.2 Å². The molecule has 158 valence electrons. The lowest BCUT2D eigenvalue weighted by molar-refractivity contribution is 0.0489. The van der Waals surface area contributed by atoms with Crippen LogP contribution in [-0.2, 0) is 24.6 Å². The number of nitrogens with zero attached hydrogens (tertiary/aromatic N) is 1. The maximum Gasteiger partial charge on any atom is 0.407 e. The lowest BCUT2D eigenvalue weighted by Gasteiger charge is -2.32. The van der Waals surface area contributed by atoms with E-state index in [-0.39, 0.29) is 28.9 Å². The van der Waals surface area contributed by atoms with Crippen LogP contribution in [0.2, 0.25) is 0 Å². The van der Waals surface area contributed by atoms with Gasteiger partial charge in [-0.15, -0.1) is 0 Å². The van der Waals surface area contributed by atoms with E-state index in [1.54, 1.807) is 20.8 Å². The summed E-state index contributed by atoms with van der Waals surface area (Å²) in [6.45, 7) is 5.72. The summed E-state index contributed by atoms with van der Waals surface area (Å²) in [4.78, 5) is 11.7. The first-order valence-corrected chi connectivity index (χ1v) is 12.8. The summed E-state index contributed by atoms with van der Waals surface area (Å²) in [5, 5.41) is 2.76. The van der Waals surface area contributed by atoms with Crippen molar-refractivity contribution in [2.24, 2.45) is 0 Å². The first kappa shape index (κ1) is 23.1. The van der Waals surface area contributed by atoms with Crippen LogP contribution in [0.15, 0.2) is 32.5 Å². The molecule has 0 radical (unpaired) electrons. The lowest BCUT2D eigenvalue weighted by Crippen LogP contribution is -2.47. The quantitative estimate of drug-likeness (QED) is 0.685. The third-order valence-corrected chi connectivity index (χ3v) is 8.13. The van der Waals surface area contributed by atoms with Gasteiger partial charge in [-0.1, -0.05) is 0 Å². The second-order valence-electron chi connectivity index (χ2n) is 7.69. The third-order valence-electron chi connectivity index (χ3n) is 4.12. The van der Waals surface area contributed by atoms with Crippen molar-refractivity contribution in [1.29, 1.82) is 0 Å². The van der Waals surface area contributed by atoms with Crippen molar-refractivity contribution in [2.75, 3.05) is 19.3 Å². The van der Waals surface area contributed by atoms with E-state index in [0.717, 1.165) is 6.26 Å². The van der Waals surface area contributed by atoms with Gasteiger partial charge in [-0.2, -0.15) is 4.31 Å². The molecule has 2 rings (SSSR count). The molecule has 0 aromatic heterocycles. The van der Waals surface area contributed by atoms with Gasteiger partial charge >= 0.3 is 6.09 Å². The molecule has 28 heavy (non-hydrogen) atoms. The van der Waals surface area contributed by atoms with Crippen molar-refractivity contribution in [3.63, 3.8) is 0 Å². The van der Waals surface area contributed by atoms with Crippen molar-refractivity contribution >= 4 is 41.9 Å². The maximum atomic E-state index is 13.0. The van der Waals surface area contributed by atoms with E-state index >= 15 is 0 Å². The molecule has 8 nitrogen and oxygen atoms in total. The number of sulfonamides is 1. The first-order valence-electron chi connectivity index (χ1n) is 8.69. The molecule has 0 atom stereocenters. The van der Waals surface area contributed by atoms with Gasteiger partial charge in [0.05, 0.1) is 9.79 Å². The monoisotopic (exact) mass is 496 g/mol. The third kappa shape index (κ3) is 5.91. The molecule has 1 aliphatic heterocycles. The number of ether oxygens (including phenoxy) is 1. The van der Waals surface area contributed by atoms with Crippen molar-refractivity contribution in [3.05, 3.63) is 22.7 Å². The molecule has 1 fully saturated rings. The molecular formula is C17H25BrN2O6S2. The molecule has 0 aliphatic carbocycles. The highest BCUT2D eigenvalue weighted by Crippen LogP contribution is 2.29. The van der Waals surface area contributed by atoms with E-state index in [2.05, 4.69) is 21.2 Å². The van der Waals surface area contributed by atoms with Gasteiger partial charge in [0.1, 0.15) is 5.60 Å². The Morgan fingerprint density at radius 1 is 1.18 bits per heavy atom. The lowest BCUT2D eigenvalue weighted by atomic mass is 10.1. The second kappa shape index (κ2) is 8.29. The summed E-state index contributed by atoms with van der Waals surface area (Å²) < 4.78 is 56.3. The van der Waals surface area contributed by atoms with E-state index in [1.165, 1.54) is 22.5 Å². The van der Waals surface area contributed by atoms with Crippen molar-refractivity contribution in [2.45, 2.75) is 55.0 Å². The maximum absolute atomic E-state index is 13.0. The van der Waals surface area contributed by atoms with Gasteiger partial charge in [0.25, 0.3) is 0 Å². The predicted octanol–water partition coefficient (Wildman–Crippen LogP) is 2.53. The van der Waals surface area contributed by atoms with Crippen molar-refractivity contribution in [3.8, 4) is 0 Å². The second-order valence-corrected chi connectivity index (χ2v) is 12.5. The molecule has 1 amide bonds. The normalized spacial score (nSPS) is 17.3. The van der Waals surface area contributed by atoms with Crippen LogP contribution in [0.1, 0.15) is 33.6 Å². The molecule has 1 saturated heterocycles. The zero-order valence-corrected chi connectivity index (χ0v) is 19.4. The van der Waals surface area contributed by atoms with E-state index in [0.29, 0.717) is 17.3 Å². The highest BCUT2D eigenvalue weighted by molar-refractivity contribution is 9.10. The minimum atomic E-state index is -3.88. The fourth-order valence-corrected chi connectivity index (χ4v) is 5.91. The Labute approximate surface area is 174 Å². The van der Waals surface area contributed by atoms with Crippen LogP contribution in [0.5, 0.6) is 0 Å². The standard InChI is InChI=1S/C17H25BrN2O6S2/c1-17(2,3)26-16(21)19-12-7-9-20(10-8-12)28(24,25)15-11-13(27(4,22)23)5-6-14(15)18/h5-6,11-12H,7-10H2,1-4H3,(H,19,21). The molecule has 1 N–H and O–H groups in total. The predicted molar refractivity (Wildman–Crippen MR) is 108 cm³/mol. The smallest absolute Gasteiger partial charge is 0.407 e. The zero-order valence-electron chi connectivity index (χ0n) is 16.2. The molecule has 1 aromatic rings. The van der Waals surface area contributed by atoms with Crippen LogP contribution in [0.3, 0.4) is 0 Å². The van der Waals surface area contributed by atoms with Gasteiger partial charge in [0.2, 0.25) is 10.0 Å². The Balaban J connectivity index is 2.11. The van der Waals surface area contributed by atoms with Gasteiger partial charge in [-0.25, -0.2) is 21.6 Å². The average molecular weight is 497 g/mol. The molecule has 1 aromatic carbocycles. The summed E-state index contributed by atoms with van der Waals surface area (Å²) in [5.74, 6) is 0. The van der Waals surface area contributed by atoms with E-state index < -0.39 is 31.6 Å².